The van der Waals surface area contributed by atoms with Crippen LogP contribution in [0.15, 0.2) is 36.4 Å². The second-order valence-corrected chi connectivity index (χ2v) is 7.85. The monoisotopic (exact) mass is 407 g/mol. The summed E-state index contributed by atoms with van der Waals surface area (Å²) in [7, 11) is -3.57. The average Bonchev–Trinajstić information content (AvgIpc) is 2.55. The highest BCUT2D eigenvalue weighted by Gasteiger charge is 2.32. The van der Waals surface area contributed by atoms with Gasteiger partial charge in [-0.25, -0.2) is 4.39 Å². The van der Waals surface area contributed by atoms with E-state index in [1.54, 1.807) is 6.92 Å². The minimum atomic E-state index is -4.72. The van der Waals surface area contributed by atoms with Crippen molar-refractivity contribution in [1.82, 2.24) is 0 Å². The number of ether oxygens (including phenoxy) is 1. The van der Waals surface area contributed by atoms with E-state index in [-0.39, 0.29) is 23.7 Å². The molecule has 0 aromatic heterocycles. The Bertz CT molecular complexity index is 916. The van der Waals surface area contributed by atoms with Crippen LogP contribution < -0.4 is 10.0 Å². The largest absolute Gasteiger partial charge is 0.454 e. The molecule has 0 saturated carbocycles. The fraction of sp³-hybridized carbons (Fsp3) is 0.250. The zero-order valence-electron chi connectivity index (χ0n) is 14.1. The van der Waals surface area contributed by atoms with Crippen molar-refractivity contribution in [1.29, 1.82) is 0 Å². The van der Waals surface area contributed by atoms with Crippen LogP contribution in [0.3, 0.4) is 0 Å². The molecule has 0 bridgehead atoms. The predicted molar refractivity (Wildman–Crippen MR) is 89.4 cm³/mol. The van der Waals surface area contributed by atoms with Gasteiger partial charge in [-0.15, -0.1) is 0 Å². The summed E-state index contributed by atoms with van der Waals surface area (Å²) >= 11 is 0. The van der Waals surface area contributed by atoms with Gasteiger partial charge in [0.15, 0.2) is 11.6 Å². The normalized spacial score (nSPS) is 13.9. The number of rotatable bonds is 6. The predicted octanol–water partition coefficient (Wildman–Crippen LogP) is 5.11. The van der Waals surface area contributed by atoms with Crippen LogP contribution in [0.25, 0.3) is 0 Å². The molecule has 2 rings (SSSR count). The number of halogens is 4. The minimum absolute atomic E-state index is 0.0313. The lowest BCUT2D eigenvalue weighted by atomic mass is 10.2. The Hall–Kier alpha value is -2.45. The Labute approximate surface area is 151 Å². The Morgan fingerprint density at radius 2 is 1.85 bits per heavy atom. The van der Waals surface area contributed by atoms with Gasteiger partial charge in [-0.05, 0) is 31.2 Å². The number of alkyl halides is 3. The zero-order chi connectivity index (χ0) is 20.4. The molecule has 27 heavy (non-hydrogen) atoms. The van der Waals surface area contributed by atoms with Crippen LogP contribution in [0.2, 0.25) is 0 Å². The summed E-state index contributed by atoms with van der Waals surface area (Å²) < 4.78 is 74.5. The molecule has 0 heterocycles. The second-order valence-electron chi connectivity index (χ2n) is 5.42. The van der Waals surface area contributed by atoms with E-state index in [1.807, 2.05) is 0 Å². The van der Waals surface area contributed by atoms with Crippen molar-refractivity contribution in [3.05, 3.63) is 57.9 Å². The first-order chi connectivity index (χ1) is 12.5. The first kappa shape index (κ1) is 20.9. The van der Waals surface area contributed by atoms with Crippen LogP contribution in [0.4, 0.5) is 23.2 Å². The summed E-state index contributed by atoms with van der Waals surface area (Å²) in [5.41, 5.74) is -1.67. The van der Waals surface area contributed by atoms with Gasteiger partial charge < -0.3 is 9.26 Å². The molecule has 146 valence electrons. The SMILES string of the molecule is CCOP(C)(=O)c1cc(Oc2ccc(C(F)(F)F)cc2F)ccc1[N+](=O)[O-]. The van der Waals surface area contributed by atoms with Crippen molar-refractivity contribution < 1.29 is 36.3 Å². The van der Waals surface area contributed by atoms with Gasteiger partial charge in [0.1, 0.15) is 11.1 Å². The van der Waals surface area contributed by atoms with Crippen molar-refractivity contribution >= 4 is 18.4 Å². The Kier molecular flexibility index (Phi) is 5.91. The van der Waals surface area contributed by atoms with Crippen molar-refractivity contribution in [3.63, 3.8) is 0 Å². The zero-order valence-corrected chi connectivity index (χ0v) is 15.0. The number of benzene rings is 2. The van der Waals surface area contributed by atoms with Crippen molar-refractivity contribution in [2.24, 2.45) is 0 Å². The molecule has 11 heteroatoms. The van der Waals surface area contributed by atoms with Crippen LogP contribution in [0.5, 0.6) is 11.5 Å². The maximum Gasteiger partial charge on any atom is 0.416 e. The third-order valence-electron chi connectivity index (χ3n) is 3.44. The van der Waals surface area contributed by atoms with Gasteiger partial charge in [0.25, 0.3) is 5.69 Å². The van der Waals surface area contributed by atoms with E-state index in [4.69, 9.17) is 9.26 Å². The molecule has 0 fully saturated rings. The standard InChI is InChI=1S/C16H14F4NO5P/c1-3-25-27(2,24)15-9-11(5-6-13(15)21(22)23)26-14-7-4-10(8-12(14)17)16(18,19)20/h4-9H,3H2,1-2H3. The highest BCUT2D eigenvalue weighted by molar-refractivity contribution is 7.66. The molecule has 0 aliphatic rings. The van der Waals surface area contributed by atoms with Crippen molar-refractivity contribution in [2.75, 3.05) is 13.3 Å². The molecule has 0 aliphatic carbocycles. The molecule has 0 aliphatic heterocycles. The summed E-state index contributed by atoms with van der Waals surface area (Å²) in [6.07, 6.45) is -4.72. The highest BCUT2D eigenvalue weighted by atomic mass is 31.2. The van der Waals surface area contributed by atoms with Gasteiger partial charge in [-0.1, -0.05) is 0 Å². The molecular formula is C16H14F4NO5P. The van der Waals surface area contributed by atoms with E-state index in [0.29, 0.717) is 6.07 Å². The summed E-state index contributed by atoms with van der Waals surface area (Å²) in [5.74, 6) is -1.93. The lowest BCUT2D eigenvalue weighted by Gasteiger charge is -2.15. The average molecular weight is 407 g/mol. The fourth-order valence-corrected chi connectivity index (χ4v) is 3.82. The fourth-order valence-electron chi connectivity index (χ4n) is 2.25. The Morgan fingerprint density at radius 1 is 1.19 bits per heavy atom. The maximum atomic E-state index is 13.9. The quantitative estimate of drug-likeness (QED) is 0.288. The van der Waals surface area contributed by atoms with E-state index >= 15 is 0 Å². The highest BCUT2D eigenvalue weighted by Crippen LogP contribution is 2.45. The molecule has 1 unspecified atom stereocenters. The van der Waals surface area contributed by atoms with Gasteiger partial charge in [0, 0.05) is 18.8 Å². The lowest BCUT2D eigenvalue weighted by molar-refractivity contribution is -0.383. The van der Waals surface area contributed by atoms with Crippen LogP contribution in [-0.4, -0.2) is 18.2 Å². The third-order valence-corrected chi connectivity index (χ3v) is 5.43. The van der Waals surface area contributed by atoms with Crippen LogP contribution in [0.1, 0.15) is 12.5 Å². The van der Waals surface area contributed by atoms with Crippen LogP contribution in [-0.2, 0) is 15.3 Å². The van der Waals surface area contributed by atoms with E-state index < -0.39 is 41.3 Å². The van der Waals surface area contributed by atoms with Gasteiger partial charge in [-0.3, -0.25) is 14.7 Å². The number of nitro benzene ring substituents is 1. The molecule has 2 aromatic rings. The molecule has 6 nitrogen and oxygen atoms in total. The summed E-state index contributed by atoms with van der Waals surface area (Å²) in [4.78, 5) is 10.4. The van der Waals surface area contributed by atoms with Gasteiger partial charge >= 0.3 is 6.18 Å². The minimum Gasteiger partial charge on any atom is -0.454 e. The molecule has 0 N–H and O–H groups in total. The topological polar surface area (TPSA) is 78.7 Å². The first-order valence-corrected chi connectivity index (χ1v) is 9.58. The van der Waals surface area contributed by atoms with E-state index in [1.165, 1.54) is 6.66 Å². The maximum absolute atomic E-state index is 13.9. The number of nitro groups is 1. The van der Waals surface area contributed by atoms with Crippen LogP contribution in [0, 0.1) is 15.9 Å². The Morgan fingerprint density at radius 3 is 2.37 bits per heavy atom. The second kappa shape index (κ2) is 7.66. The smallest absolute Gasteiger partial charge is 0.416 e. The van der Waals surface area contributed by atoms with Gasteiger partial charge in [-0.2, -0.15) is 13.2 Å². The van der Waals surface area contributed by atoms with Crippen LogP contribution >= 0.6 is 7.37 Å². The van der Waals surface area contributed by atoms with E-state index in [0.717, 1.165) is 24.3 Å². The Balaban J connectivity index is 2.43. The van der Waals surface area contributed by atoms with E-state index in [9.17, 15) is 32.2 Å². The molecule has 0 amide bonds. The van der Waals surface area contributed by atoms with E-state index in [2.05, 4.69) is 0 Å². The first-order valence-electron chi connectivity index (χ1n) is 7.51. The molecule has 1 atom stereocenters. The summed E-state index contributed by atoms with van der Waals surface area (Å²) in [5, 5.41) is 10.9. The lowest BCUT2D eigenvalue weighted by Crippen LogP contribution is -2.12. The number of hydrogen-bond donors (Lipinski definition) is 0. The van der Waals surface area contributed by atoms with Crippen molar-refractivity contribution in [2.45, 2.75) is 13.1 Å². The van der Waals surface area contributed by atoms with Gasteiger partial charge in [0.2, 0.25) is 7.37 Å². The molecule has 0 saturated heterocycles. The molecule has 2 aromatic carbocycles. The molecule has 0 spiro atoms. The number of hydrogen-bond acceptors (Lipinski definition) is 5. The summed E-state index contributed by atoms with van der Waals surface area (Å²) in [6, 6.07) is 4.85. The number of nitrogens with zero attached hydrogens (tertiary/aromatic N) is 1. The van der Waals surface area contributed by atoms with Crippen molar-refractivity contribution in [3.8, 4) is 11.5 Å². The van der Waals surface area contributed by atoms with Gasteiger partial charge in [0.05, 0.1) is 17.1 Å². The summed E-state index contributed by atoms with van der Waals surface area (Å²) in [6.45, 7) is 2.77. The molecule has 0 radical (unpaired) electrons. The molecular weight excluding hydrogens is 393 g/mol. The third kappa shape index (κ3) is 4.84.